The Morgan fingerprint density at radius 3 is 2.68 bits per heavy atom. The Bertz CT molecular complexity index is 959. The van der Waals surface area contributed by atoms with Crippen LogP contribution in [0.1, 0.15) is 36.8 Å². The van der Waals surface area contributed by atoms with Crippen molar-refractivity contribution in [3.8, 4) is 16.9 Å². The van der Waals surface area contributed by atoms with Gasteiger partial charge in [0.05, 0.1) is 12.1 Å². The van der Waals surface area contributed by atoms with Crippen LogP contribution in [0.3, 0.4) is 0 Å². The maximum atomic E-state index is 6.40. The van der Waals surface area contributed by atoms with E-state index in [9.17, 15) is 0 Å². The number of hydrogen-bond acceptors (Lipinski definition) is 3. The van der Waals surface area contributed by atoms with Crippen molar-refractivity contribution < 1.29 is 4.74 Å². The molecule has 1 atom stereocenters. The van der Waals surface area contributed by atoms with Crippen molar-refractivity contribution in [1.82, 2.24) is 10.3 Å². The van der Waals surface area contributed by atoms with Crippen molar-refractivity contribution in [3.05, 3.63) is 58.7 Å². The molecule has 3 aromatic rings. The van der Waals surface area contributed by atoms with Gasteiger partial charge >= 0.3 is 0 Å². The van der Waals surface area contributed by atoms with Crippen LogP contribution >= 0.6 is 11.6 Å². The molecule has 3 nitrogen and oxygen atoms in total. The first kappa shape index (κ1) is 19.2. The first-order chi connectivity index (χ1) is 13.6. The van der Waals surface area contributed by atoms with Gasteiger partial charge in [0.1, 0.15) is 5.75 Å². The molecule has 2 aromatic carbocycles. The first-order valence-corrected chi connectivity index (χ1v) is 10.5. The summed E-state index contributed by atoms with van der Waals surface area (Å²) in [4.78, 5) is 4.66. The molecule has 0 saturated carbocycles. The smallest absolute Gasteiger partial charge is 0.138 e. The highest BCUT2D eigenvalue weighted by Gasteiger charge is 2.16. The molecule has 0 unspecified atom stereocenters. The van der Waals surface area contributed by atoms with Crippen LogP contribution in [-0.4, -0.2) is 24.2 Å². The zero-order chi connectivity index (χ0) is 19.5. The molecule has 146 valence electrons. The van der Waals surface area contributed by atoms with Gasteiger partial charge in [-0.3, -0.25) is 4.98 Å². The Morgan fingerprint density at radius 2 is 1.93 bits per heavy atom. The quantitative estimate of drug-likeness (QED) is 0.569. The summed E-state index contributed by atoms with van der Waals surface area (Å²) in [6.07, 6.45) is 6.76. The number of benzene rings is 2. The molecule has 1 N–H and O–H groups in total. The molecule has 1 aliphatic rings. The first-order valence-electron chi connectivity index (χ1n) is 10.1. The summed E-state index contributed by atoms with van der Waals surface area (Å²) >= 11 is 6.19. The van der Waals surface area contributed by atoms with Gasteiger partial charge in [-0.2, -0.15) is 0 Å². The molecule has 0 amide bonds. The third-order valence-electron chi connectivity index (χ3n) is 5.44. The molecule has 4 heteroatoms. The topological polar surface area (TPSA) is 34.1 Å². The van der Waals surface area contributed by atoms with Gasteiger partial charge in [-0.15, -0.1) is 0 Å². The summed E-state index contributed by atoms with van der Waals surface area (Å²) in [6, 6.07) is 13.0. The van der Waals surface area contributed by atoms with E-state index >= 15 is 0 Å². The van der Waals surface area contributed by atoms with E-state index in [1.165, 1.54) is 30.4 Å². The fraction of sp³-hybridized carbons (Fsp3) is 0.375. The van der Waals surface area contributed by atoms with E-state index in [0.29, 0.717) is 17.7 Å². The van der Waals surface area contributed by atoms with Gasteiger partial charge in [0, 0.05) is 28.2 Å². The van der Waals surface area contributed by atoms with E-state index in [1.807, 2.05) is 24.4 Å². The summed E-state index contributed by atoms with van der Waals surface area (Å²) in [5.74, 6) is 0.905. The van der Waals surface area contributed by atoms with Gasteiger partial charge < -0.3 is 10.1 Å². The number of aromatic nitrogens is 1. The summed E-state index contributed by atoms with van der Waals surface area (Å²) < 4.78 is 6.40. The molecule has 28 heavy (non-hydrogen) atoms. The van der Waals surface area contributed by atoms with Crippen LogP contribution < -0.4 is 10.1 Å². The van der Waals surface area contributed by atoms with Gasteiger partial charge in [-0.25, -0.2) is 0 Å². The zero-order valence-electron chi connectivity index (χ0n) is 16.6. The van der Waals surface area contributed by atoms with E-state index in [1.54, 1.807) is 0 Å². The number of piperidine rings is 1. The molecule has 0 bridgehead atoms. The highest BCUT2D eigenvalue weighted by molar-refractivity contribution is 6.31. The van der Waals surface area contributed by atoms with Crippen molar-refractivity contribution in [2.45, 2.75) is 45.6 Å². The van der Waals surface area contributed by atoms with Crippen molar-refractivity contribution in [2.24, 2.45) is 0 Å². The summed E-state index contributed by atoms with van der Waals surface area (Å²) in [7, 11) is 0. The minimum absolute atomic E-state index is 0.556. The SMILES string of the molecule is Cc1cc(C)cc(-c2cnc3cc(Cl)ccc3c2OCC[C@H]2CCCCN2)c1. The van der Waals surface area contributed by atoms with Gasteiger partial charge in [-0.1, -0.05) is 47.3 Å². The van der Waals surface area contributed by atoms with E-state index in [2.05, 4.69) is 42.3 Å². The second kappa shape index (κ2) is 8.50. The van der Waals surface area contributed by atoms with Crippen molar-refractivity contribution in [3.63, 3.8) is 0 Å². The van der Waals surface area contributed by atoms with Crippen molar-refractivity contribution in [2.75, 3.05) is 13.2 Å². The van der Waals surface area contributed by atoms with Crippen LogP contribution in [0.15, 0.2) is 42.6 Å². The second-order valence-electron chi connectivity index (χ2n) is 7.82. The molecule has 2 heterocycles. The third kappa shape index (κ3) is 4.31. The lowest BCUT2D eigenvalue weighted by atomic mass is 9.99. The van der Waals surface area contributed by atoms with Crippen LogP contribution in [0.5, 0.6) is 5.75 Å². The normalized spacial score (nSPS) is 17.0. The van der Waals surface area contributed by atoms with Crippen LogP contribution in [0, 0.1) is 13.8 Å². The number of nitrogens with zero attached hydrogens (tertiary/aromatic N) is 1. The van der Waals surface area contributed by atoms with E-state index < -0.39 is 0 Å². The van der Waals surface area contributed by atoms with Gasteiger partial charge in [0.15, 0.2) is 0 Å². The highest BCUT2D eigenvalue weighted by atomic mass is 35.5. The number of rotatable bonds is 5. The Hall–Kier alpha value is -2.10. The van der Waals surface area contributed by atoms with Crippen molar-refractivity contribution >= 4 is 22.5 Å². The molecule has 1 fully saturated rings. The summed E-state index contributed by atoms with van der Waals surface area (Å²) in [6.45, 7) is 6.06. The third-order valence-corrected chi connectivity index (χ3v) is 5.67. The molecule has 1 saturated heterocycles. The lowest BCUT2D eigenvalue weighted by Gasteiger charge is -2.24. The molecular weight excluding hydrogens is 368 g/mol. The molecule has 0 aliphatic carbocycles. The van der Waals surface area contributed by atoms with Crippen LogP contribution in [0.4, 0.5) is 0 Å². The maximum Gasteiger partial charge on any atom is 0.138 e. The van der Waals surface area contributed by atoms with Crippen LogP contribution in [0.2, 0.25) is 5.02 Å². The van der Waals surface area contributed by atoms with E-state index in [-0.39, 0.29) is 0 Å². The molecule has 1 aromatic heterocycles. The maximum absolute atomic E-state index is 6.40. The Balaban J connectivity index is 1.69. The minimum atomic E-state index is 0.556. The highest BCUT2D eigenvalue weighted by Crippen LogP contribution is 2.37. The molecule has 1 aliphatic heterocycles. The Kier molecular flexibility index (Phi) is 5.84. The lowest BCUT2D eigenvalue weighted by Crippen LogP contribution is -2.35. The molecule has 0 radical (unpaired) electrons. The lowest BCUT2D eigenvalue weighted by molar-refractivity contribution is 0.271. The summed E-state index contributed by atoms with van der Waals surface area (Å²) in [5.41, 5.74) is 5.53. The number of nitrogens with one attached hydrogen (secondary N) is 1. The standard InChI is InChI=1S/C24H27ClN2O/c1-16-11-17(2)13-18(12-16)22-15-27-23-14-19(25)6-7-21(23)24(22)28-10-8-20-5-3-4-9-26-20/h6-7,11-15,20,26H,3-5,8-10H2,1-2H3/t20-/m1/s1. The Morgan fingerprint density at radius 1 is 1.11 bits per heavy atom. The number of halogens is 1. The van der Waals surface area contributed by atoms with Crippen LogP contribution in [-0.2, 0) is 0 Å². The number of pyridine rings is 1. The summed E-state index contributed by atoms with van der Waals surface area (Å²) in [5, 5.41) is 5.30. The molecule has 0 spiro atoms. The Labute approximate surface area is 172 Å². The number of hydrogen-bond donors (Lipinski definition) is 1. The molecule has 4 rings (SSSR count). The fourth-order valence-corrected chi connectivity index (χ4v) is 4.27. The number of fused-ring (bicyclic) bond motifs is 1. The molecular formula is C24H27ClN2O. The minimum Gasteiger partial charge on any atom is -0.492 e. The predicted octanol–water partition coefficient (Wildman–Crippen LogP) is 6.08. The second-order valence-corrected chi connectivity index (χ2v) is 8.26. The average molecular weight is 395 g/mol. The predicted molar refractivity (Wildman–Crippen MR) is 117 cm³/mol. The van der Waals surface area contributed by atoms with E-state index in [0.717, 1.165) is 40.7 Å². The zero-order valence-corrected chi connectivity index (χ0v) is 17.4. The fourth-order valence-electron chi connectivity index (χ4n) is 4.11. The van der Waals surface area contributed by atoms with Crippen molar-refractivity contribution in [1.29, 1.82) is 0 Å². The van der Waals surface area contributed by atoms with Gasteiger partial charge in [0.25, 0.3) is 0 Å². The van der Waals surface area contributed by atoms with Gasteiger partial charge in [0.2, 0.25) is 0 Å². The number of ether oxygens (including phenoxy) is 1. The monoisotopic (exact) mass is 394 g/mol. The number of aryl methyl sites for hydroxylation is 2. The van der Waals surface area contributed by atoms with Crippen LogP contribution in [0.25, 0.3) is 22.0 Å². The largest absolute Gasteiger partial charge is 0.492 e. The van der Waals surface area contributed by atoms with E-state index in [4.69, 9.17) is 16.3 Å². The average Bonchev–Trinajstić information content (AvgIpc) is 2.68. The van der Waals surface area contributed by atoms with Gasteiger partial charge in [-0.05, 0) is 63.4 Å².